The van der Waals surface area contributed by atoms with Gasteiger partial charge in [0.2, 0.25) is 0 Å². The second-order valence-electron chi connectivity index (χ2n) is 9.88. The van der Waals surface area contributed by atoms with Gasteiger partial charge in [-0.05, 0) is 74.5 Å². The van der Waals surface area contributed by atoms with Gasteiger partial charge in [0.1, 0.15) is 11.7 Å². The van der Waals surface area contributed by atoms with Crippen LogP contribution in [0, 0.1) is 11.8 Å². The van der Waals surface area contributed by atoms with Crippen LogP contribution in [-0.2, 0) is 11.2 Å². The molecule has 3 aliphatic heterocycles. The number of benzene rings is 1. The molecule has 5 nitrogen and oxygen atoms in total. The molecule has 1 aromatic carbocycles. The summed E-state index contributed by atoms with van der Waals surface area (Å²) < 4.78 is 0. The summed E-state index contributed by atoms with van der Waals surface area (Å²) in [5.74, 6) is 3.58. The predicted octanol–water partition coefficient (Wildman–Crippen LogP) is 3.49. The summed E-state index contributed by atoms with van der Waals surface area (Å²) in [5.41, 5.74) is 2.06. The Balaban J connectivity index is 1.26. The van der Waals surface area contributed by atoms with Crippen LogP contribution in [0.2, 0.25) is 0 Å². The molecule has 162 valence electrons. The van der Waals surface area contributed by atoms with Crippen LogP contribution in [0.25, 0.3) is 0 Å². The Hall–Kier alpha value is -2.56. The second-order valence-corrected chi connectivity index (χ2v) is 9.88. The third-order valence-corrected chi connectivity index (χ3v) is 7.42. The SMILES string of the molecule is O=C(NC(C1CC1)C1CC1)C1=CC=C(N2CCCC2)N2C[C@@H](Cc3ccccc3)N=C12. The summed E-state index contributed by atoms with van der Waals surface area (Å²) in [6.45, 7) is 3.05. The average molecular weight is 417 g/mol. The van der Waals surface area contributed by atoms with Crippen molar-refractivity contribution in [1.82, 2.24) is 15.1 Å². The van der Waals surface area contributed by atoms with Crippen LogP contribution in [0.1, 0.15) is 44.1 Å². The van der Waals surface area contributed by atoms with Crippen molar-refractivity contribution < 1.29 is 4.79 Å². The third kappa shape index (κ3) is 3.90. The van der Waals surface area contributed by atoms with Crippen LogP contribution < -0.4 is 5.32 Å². The lowest BCUT2D eigenvalue weighted by molar-refractivity contribution is -0.118. The Kier molecular flexibility index (Phi) is 4.85. The van der Waals surface area contributed by atoms with Crippen molar-refractivity contribution >= 4 is 11.7 Å². The summed E-state index contributed by atoms with van der Waals surface area (Å²) >= 11 is 0. The minimum atomic E-state index is 0.0737. The second kappa shape index (κ2) is 7.85. The van der Waals surface area contributed by atoms with Gasteiger partial charge in [0.05, 0.1) is 11.6 Å². The van der Waals surface area contributed by atoms with Gasteiger partial charge < -0.3 is 15.1 Å². The number of amidine groups is 1. The number of hydrogen-bond acceptors (Lipinski definition) is 4. The zero-order chi connectivity index (χ0) is 20.8. The number of rotatable bonds is 7. The Bertz CT molecular complexity index is 923. The van der Waals surface area contributed by atoms with E-state index in [2.05, 4.69) is 51.5 Å². The van der Waals surface area contributed by atoms with E-state index in [0.29, 0.717) is 17.9 Å². The Morgan fingerprint density at radius 2 is 1.74 bits per heavy atom. The molecule has 6 rings (SSSR count). The first-order valence-corrected chi connectivity index (χ1v) is 12.1. The van der Waals surface area contributed by atoms with Gasteiger partial charge >= 0.3 is 0 Å². The van der Waals surface area contributed by atoms with Crippen LogP contribution in [-0.4, -0.2) is 53.3 Å². The zero-order valence-corrected chi connectivity index (χ0v) is 18.2. The summed E-state index contributed by atoms with van der Waals surface area (Å²) in [6, 6.07) is 11.1. The lowest BCUT2D eigenvalue weighted by atomic mass is 10.0. The summed E-state index contributed by atoms with van der Waals surface area (Å²) in [7, 11) is 0. The molecular weight excluding hydrogens is 384 g/mol. The monoisotopic (exact) mass is 416 g/mol. The number of carbonyl (C=O) groups is 1. The molecule has 3 heterocycles. The molecule has 5 aliphatic rings. The minimum absolute atomic E-state index is 0.0737. The van der Waals surface area contributed by atoms with Crippen molar-refractivity contribution in [1.29, 1.82) is 0 Å². The van der Waals surface area contributed by atoms with E-state index >= 15 is 0 Å². The molecule has 3 fully saturated rings. The number of aliphatic imine (C=N–C) groups is 1. The fraction of sp³-hybridized carbons (Fsp3) is 0.538. The molecule has 0 unspecified atom stereocenters. The van der Waals surface area contributed by atoms with Crippen LogP contribution in [0.3, 0.4) is 0 Å². The largest absolute Gasteiger partial charge is 0.358 e. The van der Waals surface area contributed by atoms with Gasteiger partial charge in [0, 0.05) is 25.7 Å². The molecule has 2 saturated carbocycles. The van der Waals surface area contributed by atoms with Crippen molar-refractivity contribution in [3.8, 4) is 0 Å². The number of likely N-dealkylation sites (tertiary alicyclic amines) is 1. The summed E-state index contributed by atoms with van der Waals surface area (Å²) in [4.78, 5) is 23.3. The van der Waals surface area contributed by atoms with Gasteiger partial charge in [-0.25, -0.2) is 0 Å². The normalized spacial score (nSPS) is 25.3. The number of fused-ring (bicyclic) bond motifs is 1. The Labute approximate surface area is 184 Å². The lowest BCUT2D eigenvalue weighted by Gasteiger charge is -2.34. The Morgan fingerprint density at radius 1 is 1.03 bits per heavy atom. The van der Waals surface area contributed by atoms with Crippen LogP contribution in [0.15, 0.2) is 58.9 Å². The molecule has 2 aliphatic carbocycles. The van der Waals surface area contributed by atoms with Gasteiger partial charge in [-0.1, -0.05) is 30.3 Å². The number of nitrogens with zero attached hydrogens (tertiary/aromatic N) is 3. The van der Waals surface area contributed by atoms with Crippen molar-refractivity contribution in [3.05, 3.63) is 59.4 Å². The highest BCUT2D eigenvalue weighted by atomic mass is 16.1. The molecular formula is C26H32N4O. The first-order valence-electron chi connectivity index (χ1n) is 12.1. The standard InChI is InChI=1S/C26H32N4O/c31-26(28-24(19-8-9-19)20-10-11-20)22-12-13-23(29-14-4-5-15-29)30-17-21(27-25(22)30)16-18-6-2-1-3-7-18/h1-3,6-7,12-13,19-21,24H,4-5,8-11,14-17H2,(H,28,31)/t21-/m1/s1. The van der Waals surface area contributed by atoms with E-state index in [9.17, 15) is 4.79 Å². The van der Waals surface area contributed by atoms with E-state index in [4.69, 9.17) is 4.99 Å². The van der Waals surface area contributed by atoms with Crippen molar-refractivity contribution in [2.75, 3.05) is 19.6 Å². The molecule has 0 aromatic heterocycles. The van der Waals surface area contributed by atoms with E-state index in [-0.39, 0.29) is 11.9 Å². The van der Waals surface area contributed by atoms with E-state index < -0.39 is 0 Å². The smallest absolute Gasteiger partial charge is 0.255 e. The van der Waals surface area contributed by atoms with Crippen molar-refractivity contribution in [2.45, 2.75) is 57.0 Å². The van der Waals surface area contributed by atoms with E-state index in [1.165, 1.54) is 49.9 Å². The van der Waals surface area contributed by atoms with Crippen molar-refractivity contribution in [2.24, 2.45) is 16.8 Å². The molecule has 0 bridgehead atoms. The molecule has 0 radical (unpaired) electrons. The van der Waals surface area contributed by atoms with E-state index in [1.54, 1.807) is 0 Å². The molecule has 31 heavy (non-hydrogen) atoms. The van der Waals surface area contributed by atoms with Gasteiger partial charge in [0.15, 0.2) is 0 Å². The molecule has 1 aromatic rings. The van der Waals surface area contributed by atoms with E-state index in [0.717, 1.165) is 37.5 Å². The first kappa shape index (κ1) is 19.1. The molecule has 0 spiro atoms. The topological polar surface area (TPSA) is 47.9 Å². The molecule has 1 N–H and O–H groups in total. The molecule has 1 atom stereocenters. The highest BCUT2D eigenvalue weighted by Gasteiger charge is 2.44. The first-order chi connectivity index (χ1) is 15.3. The fourth-order valence-electron chi connectivity index (χ4n) is 5.48. The maximum absolute atomic E-state index is 13.4. The fourth-order valence-corrected chi connectivity index (χ4v) is 5.48. The highest BCUT2D eigenvalue weighted by Crippen LogP contribution is 2.44. The van der Waals surface area contributed by atoms with Gasteiger partial charge in [-0.3, -0.25) is 9.79 Å². The lowest BCUT2D eigenvalue weighted by Crippen LogP contribution is -2.45. The summed E-state index contributed by atoms with van der Waals surface area (Å²) in [5, 5.41) is 3.41. The minimum Gasteiger partial charge on any atom is -0.358 e. The average Bonchev–Trinajstić information content (AvgIpc) is 3.71. The molecule has 1 saturated heterocycles. The maximum Gasteiger partial charge on any atom is 0.255 e. The molecule has 5 heteroatoms. The van der Waals surface area contributed by atoms with Gasteiger partial charge in [0.25, 0.3) is 5.91 Å². The van der Waals surface area contributed by atoms with Crippen LogP contribution in [0.5, 0.6) is 0 Å². The third-order valence-electron chi connectivity index (χ3n) is 7.42. The zero-order valence-electron chi connectivity index (χ0n) is 18.2. The van der Waals surface area contributed by atoms with Crippen molar-refractivity contribution in [3.63, 3.8) is 0 Å². The number of hydrogen-bond donors (Lipinski definition) is 1. The molecule has 1 amide bonds. The number of carbonyl (C=O) groups excluding carboxylic acids is 1. The maximum atomic E-state index is 13.4. The Morgan fingerprint density at radius 3 is 2.42 bits per heavy atom. The summed E-state index contributed by atoms with van der Waals surface area (Å²) in [6.07, 6.45) is 12.7. The van der Waals surface area contributed by atoms with Crippen LogP contribution >= 0.6 is 0 Å². The van der Waals surface area contributed by atoms with E-state index in [1.807, 2.05) is 6.08 Å². The highest BCUT2D eigenvalue weighted by molar-refractivity contribution is 6.22. The quantitative estimate of drug-likeness (QED) is 0.740. The van der Waals surface area contributed by atoms with Gasteiger partial charge in [-0.15, -0.1) is 0 Å². The number of nitrogens with one attached hydrogen (secondary N) is 1. The number of allylic oxidation sites excluding steroid dienone is 2. The number of amides is 1. The van der Waals surface area contributed by atoms with Crippen LogP contribution in [0.4, 0.5) is 0 Å². The van der Waals surface area contributed by atoms with Gasteiger partial charge in [-0.2, -0.15) is 0 Å². The predicted molar refractivity (Wildman–Crippen MR) is 122 cm³/mol.